The summed E-state index contributed by atoms with van der Waals surface area (Å²) in [6.45, 7) is 11.1. The van der Waals surface area contributed by atoms with Crippen LogP contribution in [-0.2, 0) is 5.41 Å². The van der Waals surface area contributed by atoms with Gasteiger partial charge in [-0.3, -0.25) is 0 Å². The number of oxime groups is 1. The third-order valence-electron chi connectivity index (χ3n) is 6.51. The Balaban J connectivity index is 2.03. The van der Waals surface area contributed by atoms with Crippen LogP contribution >= 0.6 is 11.8 Å². The van der Waals surface area contributed by atoms with E-state index in [1.807, 2.05) is 6.26 Å². The first kappa shape index (κ1) is 21.4. The highest BCUT2D eigenvalue weighted by Crippen LogP contribution is 2.53. The lowest BCUT2D eigenvalue weighted by Gasteiger charge is -2.37. The Morgan fingerprint density at radius 1 is 1.36 bits per heavy atom. The smallest absolute Gasteiger partial charge is 0.148 e. The molecule has 2 unspecified atom stereocenters. The summed E-state index contributed by atoms with van der Waals surface area (Å²) in [6, 6.07) is 4.43. The van der Waals surface area contributed by atoms with Crippen molar-refractivity contribution in [3.8, 4) is 11.5 Å². The van der Waals surface area contributed by atoms with Gasteiger partial charge in [-0.05, 0) is 48.6 Å². The summed E-state index contributed by atoms with van der Waals surface area (Å²) in [5, 5.41) is 13.4. The van der Waals surface area contributed by atoms with E-state index in [4.69, 9.17) is 9.47 Å². The minimum absolute atomic E-state index is 0.0623. The molecule has 2 atom stereocenters. The van der Waals surface area contributed by atoms with Crippen LogP contribution in [0.25, 0.3) is 0 Å². The van der Waals surface area contributed by atoms with Gasteiger partial charge < -0.3 is 14.7 Å². The molecule has 28 heavy (non-hydrogen) atoms. The fourth-order valence-electron chi connectivity index (χ4n) is 4.59. The SMILES string of the molecule is CCCCC(C)(C)c1cc(OCSC)c2c(c1)OC1/C(=N\O)C(C)(C)CCC21. The summed E-state index contributed by atoms with van der Waals surface area (Å²) < 4.78 is 12.6. The van der Waals surface area contributed by atoms with E-state index in [1.54, 1.807) is 11.8 Å². The monoisotopic (exact) mass is 405 g/mol. The molecular weight excluding hydrogens is 370 g/mol. The average Bonchev–Trinajstić information content (AvgIpc) is 3.02. The van der Waals surface area contributed by atoms with Crippen molar-refractivity contribution in [2.75, 3.05) is 12.2 Å². The summed E-state index contributed by atoms with van der Waals surface area (Å²) >= 11 is 1.68. The van der Waals surface area contributed by atoms with Gasteiger partial charge in [0.25, 0.3) is 0 Å². The fraction of sp³-hybridized carbons (Fsp3) is 0.696. The largest absolute Gasteiger partial charge is 0.483 e. The molecule has 5 heteroatoms. The predicted octanol–water partition coefficient (Wildman–Crippen LogP) is 6.35. The Morgan fingerprint density at radius 2 is 2.11 bits per heavy atom. The molecule has 0 bridgehead atoms. The van der Waals surface area contributed by atoms with Crippen LogP contribution in [0.2, 0.25) is 0 Å². The molecule has 4 nitrogen and oxygen atoms in total. The van der Waals surface area contributed by atoms with Crippen LogP contribution in [-0.4, -0.2) is 29.2 Å². The molecule has 0 saturated heterocycles. The van der Waals surface area contributed by atoms with Crippen LogP contribution in [0.3, 0.4) is 0 Å². The van der Waals surface area contributed by atoms with Crippen LogP contribution in [0.5, 0.6) is 11.5 Å². The number of fused-ring (bicyclic) bond motifs is 3. The number of hydrogen-bond acceptors (Lipinski definition) is 5. The van der Waals surface area contributed by atoms with Gasteiger partial charge in [0, 0.05) is 16.9 Å². The van der Waals surface area contributed by atoms with Gasteiger partial charge in [0.15, 0.2) is 0 Å². The van der Waals surface area contributed by atoms with E-state index in [0.29, 0.717) is 5.94 Å². The van der Waals surface area contributed by atoms with E-state index in [0.717, 1.165) is 42.0 Å². The first-order chi connectivity index (χ1) is 13.2. The van der Waals surface area contributed by atoms with E-state index in [1.165, 1.54) is 18.4 Å². The standard InChI is InChI=1S/C23H35NO3S/c1-7-8-10-22(2,3)15-12-17(26-14-28-6)19-16-9-11-23(4,5)21(24-25)20(16)27-18(19)13-15/h12-13,16,20,25H,7-11,14H2,1-6H3/b24-21+. The van der Waals surface area contributed by atoms with Gasteiger partial charge in [0.05, 0.1) is 0 Å². The first-order valence-electron chi connectivity index (χ1n) is 10.4. The predicted molar refractivity (Wildman–Crippen MR) is 117 cm³/mol. The summed E-state index contributed by atoms with van der Waals surface area (Å²) in [4.78, 5) is 0. The lowest BCUT2D eigenvalue weighted by Crippen LogP contribution is -2.44. The zero-order valence-corrected chi connectivity index (χ0v) is 19.0. The molecule has 1 aromatic rings. The highest BCUT2D eigenvalue weighted by Gasteiger charge is 2.49. The van der Waals surface area contributed by atoms with E-state index in [2.05, 4.69) is 51.9 Å². The molecule has 0 aromatic heterocycles. The Kier molecular flexibility index (Phi) is 6.23. The number of ether oxygens (including phenoxy) is 2. The third kappa shape index (κ3) is 3.87. The molecule has 1 aliphatic heterocycles. The molecule has 0 spiro atoms. The Morgan fingerprint density at radius 3 is 2.75 bits per heavy atom. The summed E-state index contributed by atoms with van der Waals surface area (Å²) in [7, 11) is 0. The molecule has 156 valence electrons. The van der Waals surface area contributed by atoms with Gasteiger partial charge in [0.2, 0.25) is 0 Å². The molecule has 1 saturated carbocycles. The van der Waals surface area contributed by atoms with Crippen LogP contribution in [0.4, 0.5) is 0 Å². The molecule has 0 amide bonds. The maximum atomic E-state index is 9.72. The molecular formula is C23H35NO3S. The second-order valence-corrected chi connectivity index (χ2v) is 10.3. The molecule has 1 N–H and O–H groups in total. The zero-order chi connectivity index (χ0) is 20.5. The summed E-state index contributed by atoms with van der Waals surface area (Å²) in [5.74, 6) is 2.66. The summed E-state index contributed by atoms with van der Waals surface area (Å²) in [5.41, 5.74) is 3.08. The minimum Gasteiger partial charge on any atom is -0.483 e. The Labute approximate surface area is 174 Å². The number of benzene rings is 1. The topological polar surface area (TPSA) is 51.0 Å². The normalized spacial score (nSPS) is 24.6. The van der Waals surface area contributed by atoms with Crippen molar-refractivity contribution >= 4 is 17.5 Å². The molecule has 1 heterocycles. The molecule has 2 aliphatic rings. The van der Waals surface area contributed by atoms with Crippen molar-refractivity contribution in [2.45, 2.75) is 84.2 Å². The maximum absolute atomic E-state index is 9.72. The van der Waals surface area contributed by atoms with Crippen molar-refractivity contribution in [3.63, 3.8) is 0 Å². The van der Waals surface area contributed by atoms with Gasteiger partial charge in [-0.2, -0.15) is 0 Å². The van der Waals surface area contributed by atoms with Crippen LogP contribution in [0.1, 0.15) is 83.8 Å². The van der Waals surface area contributed by atoms with Crippen molar-refractivity contribution in [1.82, 2.24) is 0 Å². The van der Waals surface area contributed by atoms with E-state index < -0.39 is 0 Å². The van der Waals surface area contributed by atoms with Crippen LogP contribution < -0.4 is 9.47 Å². The number of hydrogen-bond donors (Lipinski definition) is 1. The van der Waals surface area contributed by atoms with Gasteiger partial charge in [-0.1, -0.05) is 52.6 Å². The van der Waals surface area contributed by atoms with Crippen molar-refractivity contribution in [1.29, 1.82) is 0 Å². The number of nitrogens with zero attached hydrogens (tertiary/aromatic N) is 1. The van der Waals surface area contributed by atoms with E-state index in [-0.39, 0.29) is 22.9 Å². The van der Waals surface area contributed by atoms with E-state index in [9.17, 15) is 5.21 Å². The van der Waals surface area contributed by atoms with Crippen LogP contribution in [0.15, 0.2) is 17.3 Å². The average molecular weight is 406 g/mol. The van der Waals surface area contributed by atoms with Gasteiger partial charge in [0.1, 0.15) is 29.3 Å². The molecule has 1 aliphatic carbocycles. The van der Waals surface area contributed by atoms with Gasteiger partial charge in [-0.15, -0.1) is 11.8 Å². The number of thioether (sulfide) groups is 1. The molecule has 3 rings (SSSR count). The number of rotatable bonds is 7. The third-order valence-corrected chi connectivity index (χ3v) is 6.87. The molecule has 0 radical (unpaired) electrons. The lowest BCUT2D eigenvalue weighted by molar-refractivity contribution is 0.201. The van der Waals surface area contributed by atoms with Crippen LogP contribution in [0, 0.1) is 5.41 Å². The van der Waals surface area contributed by atoms with Crippen molar-refractivity contribution in [3.05, 3.63) is 23.3 Å². The lowest BCUT2D eigenvalue weighted by atomic mass is 9.68. The summed E-state index contributed by atoms with van der Waals surface area (Å²) in [6.07, 6.45) is 7.36. The minimum atomic E-state index is -0.200. The van der Waals surface area contributed by atoms with Crippen molar-refractivity contribution in [2.24, 2.45) is 10.6 Å². The highest BCUT2D eigenvalue weighted by molar-refractivity contribution is 7.98. The van der Waals surface area contributed by atoms with Gasteiger partial charge >= 0.3 is 0 Å². The second-order valence-electron chi connectivity index (χ2n) is 9.48. The highest BCUT2D eigenvalue weighted by atomic mass is 32.2. The van der Waals surface area contributed by atoms with Gasteiger partial charge in [-0.25, -0.2) is 0 Å². The molecule has 1 fully saturated rings. The quantitative estimate of drug-likeness (QED) is 0.326. The zero-order valence-electron chi connectivity index (χ0n) is 18.2. The van der Waals surface area contributed by atoms with E-state index >= 15 is 0 Å². The Bertz CT molecular complexity index is 742. The first-order valence-corrected chi connectivity index (χ1v) is 11.8. The molecule has 1 aromatic carbocycles. The number of unbranched alkanes of at least 4 members (excludes halogenated alkanes) is 1. The fourth-order valence-corrected chi connectivity index (χ4v) is 4.84. The second kappa shape index (κ2) is 8.17. The Hall–Kier alpha value is -1.36. The maximum Gasteiger partial charge on any atom is 0.148 e. The van der Waals surface area contributed by atoms with Crippen molar-refractivity contribution < 1.29 is 14.7 Å².